The Balaban J connectivity index is 1.80. The topological polar surface area (TPSA) is 46.5 Å². The Morgan fingerprint density at radius 3 is 2.62 bits per heavy atom. The third-order valence-electron chi connectivity index (χ3n) is 4.15. The fourth-order valence-electron chi connectivity index (χ4n) is 2.91. The van der Waals surface area contributed by atoms with Gasteiger partial charge in [-0.1, -0.05) is 17.7 Å². The Morgan fingerprint density at radius 2 is 1.92 bits per heavy atom. The summed E-state index contributed by atoms with van der Waals surface area (Å²) in [4.78, 5) is 7.22. The number of halogens is 4. The van der Waals surface area contributed by atoms with Crippen LogP contribution < -0.4 is 0 Å². The van der Waals surface area contributed by atoms with Gasteiger partial charge >= 0.3 is 6.18 Å². The number of hydrogen-bond donors (Lipinski definition) is 1. The summed E-state index contributed by atoms with van der Waals surface area (Å²) in [5.41, 5.74) is 2.60. The van der Waals surface area contributed by atoms with Crippen LogP contribution in [0, 0.1) is 0 Å². The summed E-state index contributed by atoms with van der Waals surface area (Å²) in [6, 6.07) is 10.2. The summed E-state index contributed by atoms with van der Waals surface area (Å²) in [6.45, 7) is 0. The average molecular weight is 377 g/mol. The van der Waals surface area contributed by atoms with Gasteiger partial charge in [-0.15, -0.1) is 0 Å². The van der Waals surface area contributed by atoms with Crippen molar-refractivity contribution >= 4 is 22.5 Å². The van der Waals surface area contributed by atoms with Crippen LogP contribution in [-0.4, -0.2) is 19.7 Å². The lowest BCUT2D eigenvalue weighted by molar-refractivity contribution is -0.141. The minimum Gasteiger partial charge on any atom is -0.354 e. The van der Waals surface area contributed by atoms with Crippen molar-refractivity contribution < 1.29 is 13.2 Å². The van der Waals surface area contributed by atoms with Crippen molar-refractivity contribution in [2.45, 2.75) is 6.18 Å². The van der Waals surface area contributed by atoms with E-state index in [1.165, 1.54) is 11.7 Å². The molecule has 0 aliphatic rings. The molecule has 8 heteroatoms. The number of H-pyrrole nitrogens is 1. The first kappa shape index (κ1) is 16.7. The van der Waals surface area contributed by atoms with E-state index in [1.807, 2.05) is 18.2 Å². The van der Waals surface area contributed by atoms with Gasteiger partial charge in [-0.05, 0) is 30.3 Å². The molecule has 1 N–H and O–H groups in total. The highest BCUT2D eigenvalue weighted by Crippen LogP contribution is 2.34. The van der Waals surface area contributed by atoms with Gasteiger partial charge in [0.25, 0.3) is 0 Å². The number of aromatic nitrogens is 4. The lowest BCUT2D eigenvalue weighted by Crippen LogP contribution is -2.06. The fourth-order valence-corrected chi connectivity index (χ4v) is 3.13. The number of nitrogens with one attached hydrogen (secondary N) is 1. The molecule has 4 rings (SSSR count). The normalized spacial score (nSPS) is 12.0. The molecule has 0 saturated carbocycles. The Hall–Kier alpha value is -2.80. The van der Waals surface area contributed by atoms with Gasteiger partial charge in [0.15, 0.2) is 5.69 Å². The van der Waals surface area contributed by atoms with Crippen molar-refractivity contribution in [1.29, 1.82) is 0 Å². The third kappa shape index (κ3) is 2.84. The SMILES string of the molecule is Cn1nc(C(F)(F)F)cc1-c1ccc2[nH]c(-c3ccncc3Cl)cc2c1. The molecule has 4 aromatic rings. The first-order chi connectivity index (χ1) is 12.3. The average Bonchev–Trinajstić information content (AvgIpc) is 3.17. The Morgan fingerprint density at radius 1 is 1.12 bits per heavy atom. The van der Waals surface area contributed by atoms with Gasteiger partial charge in [-0.25, -0.2) is 0 Å². The van der Waals surface area contributed by atoms with E-state index in [0.717, 1.165) is 28.2 Å². The highest BCUT2D eigenvalue weighted by molar-refractivity contribution is 6.33. The van der Waals surface area contributed by atoms with Gasteiger partial charge in [0.05, 0.1) is 10.7 Å². The molecule has 132 valence electrons. The molecule has 26 heavy (non-hydrogen) atoms. The zero-order valence-electron chi connectivity index (χ0n) is 13.5. The lowest BCUT2D eigenvalue weighted by Gasteiger charge is -2.01. The van der Waals surface area contributed by atoms with Crippen molar-refractivity contribution in [3.8, 4) is 22.5 Å². The maximum absolute atomic E-state index is 12.9. The predicted octanol–water partition coefficient (Wildman–Crippen LogP) is 5.30. The van der Waals surface area contributed by atoms with Crippen molar-refractivity contribution in [3.63, 3.8) is 0 Å². The number of pyridine rings is 1. The van der Waals surface area contributed by atoms with Gasteiger partial charge in [0, 0.05) is 47.2 Å². The standard InChI is InChI=1S/C18H12ClF3N4/c1-26-16(8-17(25-26)18(20,21)22)10-2-3-14-11(6-10)7-15(24-14)12-4-5-23-9-13(12)19/h2-9,24H,1H3. The van der Waals surface area contributed by atoms with E-state index in [0.29, 0.717) is 16.3 Å². The van der Waals surface area contributed by atoms with E-state index in [4.69, 9.17) is 11.6 Å². The van der Waals surface area contributed by atoms with Crippen molar-refractivity contribution in [1.82, 2.24) is 19.7 Å². The van der Waals surface area contributed by atoms with Gasteiger partial charge in [0.1, 0.15) is 0 Å². The van der Waals surface area contributed by atoms with Crippen LogP contribution >= 0.6 is 11.6 Å². The zero-order valence-corrected chi connectivity index (χ0v) is 14.2. The van der Waals surface area contributed by atoms with Crippen LogP contribution in [0.25, 0.3) is 33.4 Å². The highest BCUT2D eigenvalue weighted by Gasteiger charge is 2.34. The summed E-state index contributed by atoms with van der Waals surface area (Å²) >= 11 is 6.18. The second-order valence-electron chi connectivity index (χ2n) is 5.88. The minimum atomic E-state index is -4.47. The first-order valence-corrected chi connectivity index (χ1v) is 8.05. The quantitative estimate of drug-likeness (QED) is 0.516. The second-order valence-corrected chi connectivity index (χ2v) is 6.28. The number of aromatic amines is 1. The lowest BCUT2D eigenvalue weighted by atomic mass is 10.1. The van der Waals surface area contributed by atoms with E-state index in [9.17, 15) is 13.2 Å². The van der Waals surface area contributed by atoms with E-state index in [2.05, 4.69) is 15.1 Å². The summed E-state index contributed by atoms with van der Waals surface area (Å²) in [6.07, 6.45) is -1.27. The van der Waals surface area contributed by atoms with Gasteiger partial charge in [0.2, 0.25) is 0 Å². The zero-order chi connectivity index (χ0) is 18.5. The maximum atomic E-state index is 12.9. The number of fused-ring (bicyclic) bond motifs is 1. The molecule has 4 nitrogen and oxygen atoms in total. The number of benzene rings is 1. The van der Waals surface area contributed by atoms with E-state index in [-0.39, 0.29) is 0 Å². The molecule has 0 saturated heterocycles. The summed E-state index contributed by atoms with van der Waals surface area (Å²) < 4.78 is 39.9. The Labute approximate surface area is 151 Å². The number of nitrogens with zero attached hydrogens (tertiary/aromatic N) is 3. The molecule has 0 aliphatic carbocycles. The first-order valence-electron chi connectivity index (χ1n) is 7.67. The van der Waals surface area contributed by atoms with Crippen LogP contribution in [0.1, 0.15) is 5.69 Å². The molecule has 0 fully saturated rings. The smallest absolute Gasteiger partial charge is 0.354 e. The minimum absolute atomic E-state index is 0.393. The summed E-state index contributed by atoms with van der Waals surface area (Å²) in [5.74, 6) is 0. The summed E-state index contributed by atoms with van der Waals surface area (Å²) in [7, 11) is 1.49. The molecule has 0 spiro atoms. The van der Waals surface area contributed by atoms with E-state index in [1.54, 1.807) is 24.5 Å². The number of hydrogen-bond acceptors (Lipinski definition) is 2. The molecular weight excluding hydrogens is 365 g/mol. The molecule has 0 aliphatic heterocycles. The van der Waals surface area contributed by atoms with E-state index < -0.39 is 11.9 Å². The van der Waals surface area contributed by atoms with Crippen LogP contribution in [-0.2, 0) is 13.2 Å². The molecule has 0 unspecified atom stereocenters. The Bertz CT molecular complexity index is 1110. The number of alkyl halides is 3. The number of aryl methyl sites for hydroxylation is 1. The van der Waals surface area contributed by atoms with Crippen LogP contribution in [0.15, 0.2) is 48.8 Å². The molecule has 0 amide bonds. The largest absolute Gasteiger partial charge is 0.435 e. The molecule has 0 atom stereocenters. The van der Waals surface area contributed by atoms with Crippen LogP contribution in [0.2, 0.25) is 5.02 Å². The molecular formula is C18H12ClF3N4. The van der Waals surface area contributed by atoms with Crippen LogP contribution in [0.4, 0.5) is 13.2 Å². The molecule has 0 bridgehead atoms. The fraction of sp³-hybridized carbons (Fsp3) is 0.111. The summed E-state index contributed by atoms with van der Waals surface area (Å²) in [5, 5.41) is 4.94. The van der Waals surface area contributed by atoms with Crippen molar-refractivity contribution in [3.05, 3.63) is 59.5 Å². The highest BCUT2D eigenvalue weighted by atomic mass is 35.5. The predicted molar refractivity (Wildman–Crippen MR) is 93.7 cm³/mol. The molecule has 3 aromatic heterocycles. The monoisotopic (exact) mass is 376 g/mol. The van der Waals surface area contributed by atoms with E-state index >= 15 is 0 Å². The van der Waals surface area contributed by atoms with Gasteiger partial charge < -0.3 is 4.98 Å². The third-order valence-corrected chi connectivity index (χ3v) is 4.45. The van der Waals surface area contributed by atoms with Gasteiger partial charge in [-0.2, -0.15) is 18.3 Å². The van der Waals surface area contributed by atoms with Crippen LogP contribution in [0.5, 0.6) is 0 Å². The molecule has 1 aromatic carbocycles. The number of rotatable bonds is 2. The second kappa shape index (κ2) is 5.88. The molecule has 3 heterocycles. The van der Waals surface area contributed by atoms with Crippen LogP contribution in [0.3, 0.4) is 0 Å². The van der Waals surface area contributed by atoms with Crippen molar-refractivity contribution in [2.24, 2.45) is 7.05 Å². The maximum Gasteiger partial charge on any atom is 0.435 e. The van der Waals surface area contributed by atoms with Gasteiger partial charge in [-0.3, -0.25) is 9.67 Å². The van der Waals surface area contributed by atoms with Crippen molar-refractivity contribution in [2.75, 3.05) is 0 Å². The molecule has 0 radical (unpaired) electrons. The Kier molecular flexibility index (Phi) is 3.77.